The van der Waals surface area contributed by atoms with Gasteiger partial charge in [-0.1, -0.05) is 48.2 Å². The lowest BCUT2D eigenvalue weighted by Crippen LogP contribution is -2.42. The molecule has 0 unspecified atom stereocenters. The normalized spacial score (nSPS) is 16.3. The minimum Gasteiger partial charge on any atom is -0.352 e. The Labute approximate surface area is 229 Å². The number of likely N-dealkylation sites (tertiary alicyclic amines) is 1. The largest absolute Gasteiger partial charge is 0.352 e. The summed E-state index contributed by atoms with van der Waals surface area (Å²) in [5.74, 6) is -0.0199. The van der Waals surface area contributed by atoms with Gasteiger partial charge in [-0.3, -0.25) is 9.20 Å². The van der Waals surface area contributed by atoms with Crippen LogP contribution in [0.5, 0.6) is 0 Å². The van der Waals surface area contributed by atoms with Crippen LogP contribution in [0, 0.1) is 18.3 Å². The summed E-state index contributed by atoms with van der Waals surface area (Å²) in [6.45, 7) is 5.53. The Balaban J connectivity index is 0.00000180. The molecule has 0 atom stereocenters. The molecule has 5 rings (SSSR count). The Bertz CT molecular complexity index is 1280. The van der Waals surface area contributed by atoms with Crippen LogP contribution in [-0.2, 0) is 10.2 Å². The number of hydrogen-bond donors (Lipinski definition) is 1. The van der Waals surface area contributed by atoms with Crippen LogP contribution < -0.4 is 5.32 Å². The Hall–Kier alpha value is -2.50. The van der Waals surface area contributed by atoms with E-state index >= 15 is 0 Å². The van der Waals surface area contributed by atoms with Gasteiger partial charge in [0.15, 0.2) is 0 Å². The highest BCUT2D eigenvalue weighted by Crippen LogP contribution is 2.36. The highest BCUT2D eigenvalue weighted by atomic mass is 35.5. The molecule has 1 amide bonds. The molecular formula is C27H31Cl2N5OS. The van der Waals surface area contributed by atoms with E-state index in [1.54, 1.807) is 0 Å². The summed E-state index contributed by atoms with van der Waals surface area (Å²) >= 11 is 1.49. The SMILES string of the molecule is Cc1nc2cccc3n2c1C=C(C(=O)NCCCCN1CCC(C#N)(c2ccccc2)CC1)S3.Cl.Cl. The first-order valence-electron chi connectivity index (χ1n) is 11.9. The van der Waals surface area contributed by atoms with Crippen molar-refractivity contribution in [3.8, 4) is 6.07 Å². The van der Waals surface area contributed by atoms with Crippen molar-refractivity contribution in [2.45, 2.75) is 43.0 Å². The van der Waals surface area contributed by atoms with Gasteiger partial charge in [-0.25, -0.2) is 4.98 Å². The van der Waals surface area contributed by atoms with Gasteiger partial charge in [-0.05, 0) is 76.0 Å². The van der Waals surface area contributed by atoms with E-state index in [4.69, 9.17) is 0 Å². The fraction of sp³-hybridized carbons (Fsp3) is 0.370. The van der Waals surface area contributed by atoms with Gasteiger partial charge < -0.3 is 10.2 Å². The molecule has 1 N–H and O–H groups in total. The Morgan fingerprint density at radius 3 is 2.58 bits per heavy atom. The summed E-state index contributed by atoms with van der Waals surface area (Å²) in [4.78, 5) is 20.6. The van der Waals surface area contributed by atoms with Crippen molar-refractivity contribution in [2.24, 2.45) is 0 Å². The molecule has 190 valence electrons. The van der Waals surface area contributed by atoms with Gasteiger partial charge in [0.1, 0.15) is 5.65 Å². The molecule has 0 saturated carbocycles. The number of halogens is 2. The van der Waals surface area contributed by atoms with Crippen molar-refractivity contribution < 1.29 is 4.79 Å². The first-order chi connectivity index (χ1) is 16.6. The molecule has 0 bridgehead atoms. The number of carbonyl (C=O) groups excluding carboxylic acids is 1. The number of thioether (sulfide) groups is 1. The fourth-order valence-corrected chi connectivity index (χ4v) is 5.95. The number of nitriles is 1. The van der Waals surface area contributed by atoms with Crippen LogP contribution in [0.15, 0.2) is 58.5 Å². The van der Waals surface area contributed by atoms with Gasteiger partial charge in [0.2, 0.25) is 0 Å². The van der Waals surface area contributed by atoms with E-state index in [1.165, 1.54) is 11.8 Å². The molecule has 0 radical (unpaired) electrons. The smallest absolute Gasteiger partial charge is 0.258 e. The second-order valence-corrected chi connectivity index (χ2v) is 10.2. The number of nitrogens with zero attached hydrogens (tertiary/aromatic N) is 4. The molecule has 9 heteroatoms. The maximum Gasteiger partial charge on any atom is 0.258 e. The van der Waals surface area contributed by atoms with Crippen LogP contribution in [0.25, 0.3) is 11.7 Å². The Kier molecular flexibility index (Phi) is 9.48. The van der Waals surface area contributed by atoms with E-state index in [0.29, 0.717) is 11.4 Å². The van der Waals surface area contributed by atoms with Crippen LogP contribution in [-0.4, -0.2) is 46.4 Å². The van der Waals surface area contributed by atoms with Crippen molar-refractivity contribution in [3.63, 3.8) is 0 Å². The zero-order chi connectivity index (χ0) is 23.5. The van der Waals surface area contributed by atoms with Crippen molar-refractivity contribution in [2.75, 3.05) is 26.2 Å². The number of benzene rings is 1. The van der Waals surface area contributed by atoms with Crippen molar-refractivity contribution >= 4 is 54.2 Å². The van der Waals surface area contributed by atoms with Crippen molar-refractivity contribution in [3.05, 3.63) is 70.4 Å². The number of aromatic nitrogens is 2. The zero-order valence-electron chi connectivity index (χ0n) is 20.3. The molecule has 3 aromatic rings. The third kappa shape index (κ3) is 5.57. The van der Waals surface area contributed by atoms with Crippen LogP contribution >= 0.6 is 36.6 Å². The van der Waals surface area contributed by atoms with E-state index in [1.807, 2.05) is 49.4 Å². The molecule has 4 heterocycles. The van der Waals surface area contributed by atoms with Gasteiger partial charge in [0.05, 0.1) is 32.8 Å². The highest BCUT2D eigenvalue weighted by molar-refractivity contribution is 8.04. The third-order valence-corrected chi connectivity index (χ3v) is 8.02. The quantitative estimate of drug-likeness (QED) is 0.404. The maximum atomic E-state index is 12.8. The number of unbranched alkanes of at least 4 members (excludes halogenated alkanes) is 1. The van der Waals surface area contributed by atoms with Crippen molar-refractivity contribution in [1.29, 1.82) is 5.26 Å². The standard InChI is InChI=1S/C27H29N5OS.2ClH/c1-20-22-18-23(34-25-11-7-10-24(30-20)32(22)25)26(33)29-14-5-6-15-31-16-12-27(19-28,13-17-31)21-8-3-2-4-9-21;;/h2-4,7-11,18H,5-6,12-17H2,1H3,(H,29,33);2*1H. The summed E-state index contributed by atoms with van der Waals surface area (Å²) in [6, 6.07) is 18.8. The molecule has 36 heavy (non-hydrogen) atoms. The molecule has 2 aromatic heterocycles. The second kappa shape index (κ2) is 12.2. The van der Waals surface area contributed by atoms with Crippen molar-refractivity contribution in [1.82, 2.24) is 19.6 Å². The number of amides is 1. The molecule has 1 fully saturated rings. The van der Waals surface area contributed by atoms with Gasteiger partial charge >= 0.3 is 0 Å². The lowest BCUT2D eigenvalue weighted by atomic mass is 9.74. The number of hydrogen-bond acceptors (Lipinski definition) is 5. The van der Waals surface area contributed by atoms with E-state index in [2.05, 4.69) is 37.8 Å². The first-order valence-corrected chi connectivity index (χ1v) is 12.8. The minimum atomic E-state index is -0.352. The summed E-state index contributed by atoms with van der Waals surface area (Å²) < 4.78 is 2.11. The lowest BCUT2D eigenvalue weighted by molar-refractivity contribution is -0.116. The van der Waals surface area contributed by atoms with Gasteiger partial charge in [0.25, 0.3) is 5.91 Å². The number of piperidine rings is 1. The monoisotopic (exact) mass is 543 g/mol. The fourth-order valence-electron chi connectivity index (χ4n) is 4.96. The molecule has 0 spiro atoms. The topological polar surface area (TPSA) is 73.4 Å². The molecule has 6 nitrogen and oxygen atoms in total. The first kappa shape index (κ1) is 28.1. The molecule has 0 aliphatic carbocycles. The molecule has 1 aromatic carbocycles. The summed E-state index contributed by atoms with van der Waals surface area (Å²) in [5, 5.41) is 14.0. The van der Waals surface area contributed by atoms with Gasteiger partial charge in [0, 0.05) is 6.54 Å². The number of imidazole rings is 1. The number of carbonyl (C=O) groups is 1. The number of aryl methyl sites for hydroxylation is 1. The number of pyridine rings is 1. The minimum absolute atomic E-state index is 0. The molecular weight excluding hydrogens is 513 g/mol. The Morgan fingerprint density at radius 2 is 1.86 bits per heavy atom. The highest BCUT2D eigenvalue weighted by Gasteiger charge is 2.36. The average molecular weight is 545 g/mol. The Morgan fingerprint density at radius 1 is 1.11 bits per heavy atom. The maximum absolute atomic E-state index is 12.8. The van der Waals surface area contributed by atoms with Gasteiger partial charge in [-0.2, -0.15) is 5.26 Å². The van der Waals surface area contributed by atoms with Crippen LogP contribution in [0.1, 0.15) is 42.6 Å². The zero-order valence-corrected chi connectivity index (χ0v) is 22.7. The van der Waals surface area contributed by atoms with Crippen LogP contribution in [0.2, 0.25) is 0 Å². The molecule has 2 aliphatic heterocycles. The van der Waals surface area contributed by atoms with E-state index in [9.17, 15) is 10.1 Å². The number of rotatable bonds is 7. The van der Waals surface area contributed by atoms with E-state index in [-0.39, 0.29) is 36.1 Å². The predicted molar refractivity (Wildman–Crippen MR) is 150 cm³/mol. The second-order valence-electron chi connectivity index (χ2n) is 9.12. The number of nitrogens with one attached hydrogen (secondary N) is 1. The molecule has 1 saturated heterocycles. The van der Waals surface area contributed by atoms with E-state index in [0.717, 1.165) is 72.9 Å². The van der Waals surface area contributed by atoms with Gasteiger partial charge in [-0.15, -0.1) is 24.8 Å². The summed E-state index contributed by atoms with van der Waals surface area (Å²) in [6.07, 6.45) is 5.67. The van der Waals surface area contributed by atoms with Crippen LogP contribution in [0.3, 0.4) is 0 Å². The van der Waals surface area contributed by atoms with Crippen LogP contribution in [0.4, 0.5) is 0 Å². The average Bonchev–Trinajstić information content (AvgIpc) is 3.21. The molecule has 2 aliphatic rings. The van der Waals surface area contributed by atoms with E-state index < -0.39 is 0 Å². The lowest BCUT2D eigenvalue weighted by Gasteiger charge is -2.37. The summed E-state index contributed by atoms with van der Waals surface area (Å²) in [7, 11) is 0. The third-order valence-electron chi connectivity index (χ3n) is 6.97. The predicted octanol–water partition coefficient (Wildman–Crippen LogP) is 5.39. The summed E-state index contributed by atoms with van der Waals surface area (Å²) in [5.41, 5.74) is 3.64.